The summed E-state index contributed by atoms with van der Waals surface area (Å²) in [5, 5.41) is 40.0. The monoisotopic (exact) mass is 465 g/mol. The lowest BCUT2D eigenvalue weighted by atomic mass is 9.94. The minimum Gasteiger partial charge on any atom is -0.491 e. The highest BCUT2D eigenvalue weighted by molar-refractivity contribution is 5.94. The Bertz CT molecular complexity index is 801. The lowest BCUT2D eigenvalue weighted by Crippen LogP contribution is -2.59. The number of benzene rings is 1. The first kappa shape index (κ1) is 27.3. The smallest absolute Gasteiger partial charge is 0.231 e. The summed E-state index contributed by atoms with van der Waals surface area (Å²) >= 11 is 0. The van der Waals surface area contributed by atoms with Crippen molar-refractivity contribution in [3.8, 4) is 5.75 Å². The number of hydrogen-bond acceptors (Lipinski definition) is 8. The van der Waals surface area contributed by atoms with Crippen molar-refractivity contribution in [1.29, 1.82) is 0 Å². The number of hydrogen-bond donors (Lipinski definition) is 4. The van der Waals surface area contributed by atoms with Gasteiger partial charge < -0.3 is 34.6 Å². The number of allylic oxidation sites excluding steroid dienone is 1. The third-order valence-corrected chi connectivity index (χ3v) is 5.44. The molecule has 1 aromatic carbocycles. The highest BCUT2D eigenvalue weighted by Crippen LogP contribution is 2.26. The molecule has 8 nitrogen and oxygen atoms in total. The second-order valence-corrected chi connectivity index (χ2v) is 9.19. The van der Waals surface area contributed by atoms with Crippen LogP contribution in [0, 0.1) is 5.92 Å². The van der Waals surface area contributed by atoms with E-state index >= 15 is 0 Å². The van der Waals surface area contributed by atoms with Crippen LogP contribution in [0.1, 0.15) is 46.6 Å². The molecule has 8 heteroatoms. The van der Waals surface area contributed by atoms with Crippen LogP contribution >= 0.6 is 0 Å². The van der Waals surface area contributed by atoms with Crippen molar-refractivity contribution in [3.63, 3.8) is 0 Å². The molecular formula is C25H39NO7. The summed E-state index contributed by atoms with van der Waals surface area (Å²) in [6, 6.07) is 7.82. The molecule has 186 valence electrons. The molecule has 0 aliphatic carbocycles. The van der Waals surface area contributed by atoms with Crippen molar-refractivity contribution in [1.82, 2.24) is 0 Å². The standard InChI is InChI=1S/C25H39NO7/c1-14(2)11-16(5)19(12-17-7-9-18(10-8-17)31-15(3)4)24(26-6)33-25-23(30)22(29)21(28)20(13-27)32-25/h7-10,14-15,20-23,25,27-30H,11-13H2,1-6H3/b19-16-,26-24+/t20-,21-,22+,23-,25+/m1/s1. The van der Waals surface area contributed by atoms with Gasteiger partial charge in [-0.05, 0) is 50.8 Å². The number of rotatable bonds is 9. The molecule has 1 aliphatic rings. The van der Waals surface area contributed by atoms with Gasteiger partial charge in [-0.25, -0.2) is 0 Å². The summed E-state index contributed by atoms with van der Waals surface area (Å²) in [4.78, 5) is 4.31. The van der Waals surface area contributed by atoms with E-state index in [-0.39, 0.29) is 12.0 Å². The van der Waals surface area contributed by atoms with Gasteiger partial charge in [-0.2, -0.15) is 0 Å². The molecule has 1 heterocycles. The van der Waals surface area contributed by atoms with Crippen LogP contribution in [-0.4, -0.2) is 76.8 Å². The maximum Gasteiger partial charge on any atom is 0.231 e. The normalized spacial score (nSPS) is 27.0. The SMILES string of the molecule is C/N=C(O[C@@H]1O[C@H](CO)[C@@H](O)[C@H](O)[C@H]1O)\C(Cc1ccc(OC(C)C)cc1)=C(\C)CC(C)C. The largest absolute Gasteiger partial charge is 0.491 e. The predicted molar refractivity (Wildman–Crippen MR) is 126 cm³/mol. The highest BCUT2D eigenvalue weighted by atomic mass is 16.7. The van der Waals surface area contributed by atoms with Gasteiger partial charge in [-0.15, -0.1) is 0 Å². The Balaban J connectivity index is 2.30. The zero-order valence-corrected chi connectivity index (χ0v) is 20.4. The maximum atomic E-state index is 10.4. The molecule has 0 spiro atoms. The summed E-state index contributed by atoms with van der Waals surface area (Å²) in [6.07, 6.45) is -5.37. The molecule has 0 radical (unpaired) electrons. The van der Waals surface area contributed by atoms with Gasteiger partial charge >= 0.3 is 0 Å². The van der Waals surface area contributed by atoms with Gasteiger partial charge in [0.05, 0.1) is 12.7 Å². The Morgan fingerprint density at radius 1 is 1.03 bits per heavy atom. The van der Waals surface area contributed by atoms with E-state index in [0.29, 0.717) is 12.3 Å². The Hall–Kier alpha value is -1.97. The highest BCUT2D eigenvalue weighted by Gasteiger charge is 2.45. The first-order valence-electron chi connectivity index (χ1n) is 11.5. The molecule has 0 unspecified atom stereocenters. The summed E-state index contributed by atoms with van der Waals surface area (Å²) in [6.45, 7) is 9.70. The average molecular weight is 466 g/mol. The van der Waals surface area contributed by atoms with Crippen LogP contribution in [0.4, 0.5) is 0 Å². The van der Waals surface area contributed by atoms with Crippen molar-refractivity contribution in [3.05, 3.63) is 41.0 Å². The lowest BCUT2D eigenvalue weighted by Gasteiger charge is -2.39. The molecule has 5 atom stereocenters. The lowest BCUT2D eigenvalue weighted by molar-refractivity contribution is -0.281. The third-order valence-electron chi connectivity index (χ3n) is 5.44. The van der Waals surface area contributed by atoms with Crippen LogP contribution < -0.4 is 4.74 Å². The van der Waals surface area contributed by atoms with E-state index in [1.807, 2.05) is 45.0 Å². The first-order valence-corrected chi connectivity index (χ1v) is 11.5. The minimum absolute atomic E-state index is 0.0883. The van der Waals surface area contributed by atoms with E-state index in [0.717, 1.165) is 28.9 Å². The molecule has 0 amide bonds. The molecule has 2 rings (SSSR count). The average Bonchev–Trinajstić information content (AvgIpc) is 2.76. The molecule has 0 aromatic heterocycles. The third kappa shape index (κ3) is 7.52. The van der Waals surface area contributed by atoms with Gasteiger partial charge in [0, 0.05) is 19.0 Å². The van der Waals surface area contributed by atoms with Gasteiger partial charge in [0.15, 0.2) is 0 Å². The topological polar surface area (TPSA) is 121 Å². The number of aliphatic imine (C=N–C) groups is 1. The fourth-order valence-corrected chi connectivity index (χ4v) is 3.84. The molecule has 1 saturated heterocycles. The Morgan fingerprint density at radius 2 is 1.67 bits per heavy atom. The van der Waals surface area contributed by atoms with Crippen LogP contribution in [0.2, 0.25) is 0 Å². The van der Waals surface area contributed by atoms with Crippen LogP contribution in [0.3, 0.4) is 0 Å². The van der Waals surface area contributed by atoms with E-state index in [4.69, 9.17) is 14.2 Å². The summed E-state index contributed by atoms with van der Waals surface area (Å²) in [5.41, 5.74) is 2.96. The van der Waals surface area contributed by atoms with Crippen molar-refractivity contribution in [2.45, 2.75) is 84.3 Å². The van der Waals surface area contributed by atoms with Gasteiger partial charge in [-0.3, -0.25) is 4.99 Å². The van der Waals surface area contributed by atoms with Crippen LogP contribution in [0.5, 0.6) is 5.75 Å². The molecular weight excluding hydrogens is 426 g/mol. The van der Waals surface area contributed by atoms with Crippen LogP contribution in [0.15, 0.2) is 40.4 Å². The van der Waals surface area contributed by atoms with Gasteiger partial charge in [0.2, 0.25) is 12.2 Å². The van der Waals surface area contributed by atoms with Gasteiger partial charge in [-0.1, -0.05) is 31.6 Å². The van der Waals surface area contributed by atoms with Crippen molar-refractivity contribution in [2.75, 3.05) is 13.7 Å². The number of nitrogens with zero attached hydrogens (tertiary/aromatic N) is 1. The number of aliphatic hydroxyl groups is 4. The molecule has 0 saturated carbocycles. The molecule has 0 bridgehead atoms. The number of aliphatic hydroxyl groups excluding tert-OH is 4. The molecule has 1 aliphatic heterocycles. The summed E-state index contributed by atoms with van der Waals surface area (Å²) in [5.74, 6) is 1.48. The van der Waals surface area contributed by atoms with E-state index in [2.05, 4.69) is 18.8 Å². The number of ether oxygens (including phenoxy) is 3. The summed E-state index contributed by atoms with van der Waals surface area (Å²) in [7, 11) is 1.58. The van der Waals surface area contributed by atoms with Crippen LogP contribution in [0.25, 0.3) is 0 Å². The molecule has 1 fully saturated rings. The second-order valence-electron chi connectivity index (χ2n) is 9.19. The fraction of sp³-hybridized carbons (Fsp3) is 0.640. The van der Waals surface area contributed by atoms with Crippen molar-refractivity contribution in [2.24, 2.45) is 10.9 Å². The molecule has 1 aromatic rings. The fourth-order valence-electron chi connectivity index (χ4n) is 3.84. The Morgan fingerprint density at radius 3 is 2.18 bits per heavy atom. The quantitative estimate of drug-likeness (QED) is 0.326. The zero-order chi connectivity index (χ0) is 24.7. The molecule has 4 N–H and O–H groups in total. The van der Waals surface area contributed by atoms with Gasteiger partial charge in [0.25, 0.3) is 0 Å². The van der Waals surface area contributed by atoms with E-state index < -0.39 is 37.3 Å². The summed E-state index contributed by atoms with van der Waals surface area (Å²) < 4.78 is 17.2. The maximum absolute atomic E-state index is 10.4. The van der Waals surface area contributed by atoms with Crippen molar-refractivity contribution >= 4 is 5.90 Å². The predicted octanol–water partition coefficient (Wildman–Crippen LogP) is 2.22. The minimum atomic E-state index is -1.52. The molecule has 33 heavy (non-hydrogen) atoms. The van der Waals surface area contributed by atoms with E-state index in [1.54, 1.807) is 7.05 Å². The Labute approximate surface area is 196 Å². The van der Waals surface area contributed by atoms with E-state index in [9.17, 15) is 20.4 Å². The van der Waals surface area contributed by atoms with Crippen LogP contribution in [-0.2, 0) is 15.9 Å². The Kier molecular flexibility index (Phi) is 10.3. The zero-order valence-electron chi connectivity index (χ0n) is 20.4. The van der Waals surface area contributed by atoms with Gasteiger partial charge in [0.1, 0.15) is 30.2 Å². The second kappa shape index (κ2) is 12.5. The van der Waals surface area contributed by atoms with Crippen molar-refractivity contribution < 1.29 is 34.6 Å². The van der Waals surface area contributed by atoms with E-state index in [1.165, 1.54) is 0 Å². The first-order chi connectivity index (χ1) is 15.6.